The molecule has 0 aliphatic carbocycles. The number of para-hydroxylation sites is 2. The van der Waals surface area contributed by atoms with Crippen LogP contribution in [0.4, 0.5) is 0 Å². The van der Waals surface area contributed by atoms with Crippen molar-refractivity contribution >= 4 is 23.2 Å². The first-order valence-electron chi connectivity index (χ1n) is 10.6. The van der Waals surface area contributed by atoms with Crippen molar-refractivity contribution in [3.8, 4) is 11.5 Å². The van der Waals surface area contributed by atoms with E-state index in [1.54, 1.807) is 7.11 Å². The number of aromatic nitrogens is 2. The minimum absolute atomic E-state index is 0.520. The number of hydrogen-bond donors (Lipinski definition) is 0. The minimum atomic E-state index is 0.520. The molecule has 31 heavy (non-hydrogen) atoms. The molecule has 0 saturated carbocycles. The molecule has 4 heteroatoms. The Labute approximate surface area is 183 Å². The van der Waals surface area contributed by atoms with Gasteiger partial charge >= 0.3 is 0 Å². The number of nitrogens with zero attached hydrogens (tertiary/aromatic N) is 2. The van der Waals surface area contributed by atoms with Crippen LogP contribution in [-0.4, -0.2) is 23.3 Å². The van der Waals surface area contributed by atoms with Crippen LogP contribution in [0.3, 0.4) is 0 Å². The lowest BCUT2D eigenvalue weighted by Gasteiger charge is -2.11. The van der Waals surface area contributed by atoms with Gasteiger partial charge in [-0.3, -0.25) is 0 Å². The van der Waals surface area contributed by atoms with Crippen molar-refractivity contribution in [2.75, 3.05) is 13.7 Å². The predicted molar refractivity (Wildman–Crippen MR) is 128 cm³/mol. The first kappa shape index (κ1) is 20.7. The zero-order valence-electron chi connectivity index (χ0n) is 18.3. The van der Waals surface area contributed by atoms with E-state index in [0.717, 1.165) is 33.9 Å². The summed E-state index contributed by atoms with van der Waals surface area (Å²) in [6.07, 6.45) is 4.13. The highest BCUT2D eigenvalue weighted by Crippen LogP contribution is 2.21. The second-order valence-corrected chi connectivity index (χ2v) is 7.79. The van der Waals surface area contributed by atoms with Gasteiger partial charge in [-0.1, -0.05) is 56.3 Å². The Bertz CT molecular complexity index is 1160. The smallest absolute Gasteiger partial charge is 0.133 e. The van der Waals surface area contributed by atoms with Crippen LogP contribution in [0.1, 0.15) is 36.7 Å². The molecule has 0 aliphatic rings. The van der Waals surface area contributed by atoms with Crippen LogP contribution in [0.15, 0.2) is 72.8 Å². The molecule has 0 amide bonds. The highest BCUT2D eigenvalue weighted by atomic mass is 16.5. The molecule has 3 aromatic carbocycles. The first-order chi connectivity index (χ1) is 15.1. The van der Waals surface area contributed by atoms with Gasteiger partial charge in [-0.15, -0.1) is 0 Å². The maximum atomic E-state index is 6.02. The molecule has 0 N–H and O–H groups in total. The Morgan fingerprint density at radius 1 is 0.871 bits per heavy atom. The van der Waals surface area contributed by atoms with Gasteiger partial charge in [0, 0.05) is 0 Å². The summed E-state index contributed by atoms with van der Waals surface area (Å²) in [7, 11) is 1.67. The van der Waals surface area contributed by atoms with E-state index in [0.29, 0.717) is 19.1 Å². The topological polar surface area (TPSA) is 36.3 Å². The van der Waals surface area contributed by atoms with Gasteiger partial charge in [0.2, 0.25) is 0 Å². The fraction of sp³-hybridized carbons (Fsp3) is 0.222. The Morgan fingerprint density at radius 2 is 1.58 bits per heavy atom. The molecule has 0 fully saturated rings. The molecule has 0 unspecified atom stereocenters. The van der Waals surface area contributed by atoms with Crippen molar-refractivity contribution in [3.63, 3.8) is 0 Å². The van der Waals surface area contributed by atoms with Gasteiger partial charge in [-0.25, -0.2) is 4.98 Å². The second-order valence-electron chi connectivity index (χ2n) is 7.79. The molecule has 4 aromatic rings. The highest BCUT2D eigenvalue weighted by molar-refractivity contribution is 5.79. The molecule has 1 heterocycles. The number of imidazole rings is 1. The quantitative estimate of drug-likeness (QED) is 0.335. The second kappa shape index (κ2) is 9.52. The average Bonchev–Trinajstić information content (AvgIpc) is 3.16. The van der Waals surface area contributed by atoms with E-state index in [4.69, 9.17) is 14.5 Å². The van der Waals surface area contributed by atoms with Crippen LogP contribution < -0.4 is 9.47 Å². The number of methoxy groups -OCH3 is 1. The summed E-state index contributed by atoms with van der Waals surface area (Å²) >= 11 is 0. The van der Waals surface area contributed by atoms with Crippen LogP contribution in [0.2, 0.25) is 0 Å². The van der Waals surface area contributed by atoms with E-state index in [-0.39, 0.29) is 0 Å². The van der Waals surface area contributed by atoms with Crippen molar-refractivity contribution < 1.29 is 9.47 Å². The summed E-state index contributed by atoms with van der Waals surface area (Å²) in [5.41, 5.74) is 4.51. The van der Waals surface area contributed by atoms with Gasteiger partial charge in [0.25, 0.3) is 0 Å². The zero-order valence-corrected chi connectivity index (χ0v) is 18.3. The SMILES string of the molecule is COc1ccc(/C=C/c2nc3ccccc3n2CCOc2ccc(C(C)C)cc2)cc1. The Kier molecular flexibility index (Phi) is 6.37. The van der Waals surface area contributed by atoms with Gasteiger partial charge < -0.3 is 14.0 Å². The van der Waals surface area contributed by atoms with Crippen LogP contribution in [-0.2, 0) is 6.54 Å². The summed E-state index contributed by atoms with van der Waals surface area (Å²) in [5.74, 6) is 3.18. The number of fused-ring (bicyclic) bond motifs is 1. The van der Waals surface area contributed by atoms with Crippen molar-refractivity contribution in [1.82, 2.24) is 9.55 Å². The van der Waals surface area contributed by atoms with Gasteiger partial charge in [0.1, 0.15) is 23.9 Å². The summed E-state index contributed by atoms with van der Waals surface area (Å²) in [5, 5.41) is 0. The third-order valence-electron chi connectivity index (χ3n) is 5.36. The van der Waals surface area contributed by atoms with Crippen molar-refractivity contribution in [2.24, 2.45) is 0 Å². The molecule has 4 rings (SSSR count). The number of rotatable bonds is 8. The minimum Gasteiger partial charge on any atom is -0.497 e. The molecular weight excluding hydrogens is 384 g/mol. The average molecular weight is 413 g/mol. The van der Waals surface area contributed by atoms with Gasteiger partial charge in [0.05, 0.1) is 24.7 Å². The Balaban J connectivity index is 1.51. The van der Waals surface area contributed by atoms with E-state index in [2.05, 4.69) is 48.8 Å². The Hall–Kier alpha value is -3.53. The van der Waals surface area contributed by atoms with Crippen molar-refractivity contribution in [2.45, 2.75) is 26.3 Å². The summed E-state index contributed by atoms with van der Waals surface area (Å²) in [6, 6.07) is 24.6. The standard InChI is InChI=1S/C27H28N2O2/c1-20(2)22-11-15-24(16-12-22)31-19-18-29-26-7-5-4-6-25(26)28-27(29)17-10-21-8-13-23(30-3)14-9-21/h4-17,20H,18-19H2,1-3H3/b17-10+. The maximum absolute atomic E-state index is 6.02. The van der Waals surface area contributed by atoms with Crippen molar-refractivity contribution in [3.05, 3.63) is 89.7 Å². The molecule has 4 nitrogen and oxygen atoms in total. The lowest BCUT2D eigenvalue weighted by atomic mass is 10.0. The van der Waals surface area contributed by atoms with Crippen molar-refractivity contribution in [1.29, 1.82) is 0 Å². The lowest BCUT2D eigenvalue weighted by Crippen LogP contribution is -2.09. The molecule has 0 spiro atoms. The van der Waals surface area contributed by atoms with E-state index < -0.39 is 0 Å². The zero-order chi connectivity index (χ0) is 21.6. The van der Waals surface area contributed by atoms with E-state index in [1.165, 1.54) is 5.56 Å². The molecule has 158 valence electrons. The predicted octanol–water partition coefficient (Wildman–Crippen LogP) is 6.42. The third-order valence-corrected chi connectivity index (χ3v) is 5.36. The first-order valence-corrected chi connectivity index (χ1v) is 10.6. The normalized spacial score (nSPS) is 11.5. The molecule has 0 atom stereocenters. The molecule has 1 aromatic heterocycles. The Morgan fingerprint density at radius 3 is 2.29 bits per heavy atom. The third kappa shape index (κ3) is 4.97. The van der Waals surface area contributed by atoms with Gasteiger partial charge in [-0.2, -0.15) is 0 Å². The fourth-order valence-corrected chi connectivity index (χ4v) is 3.55. The summed E-state index contributed by atoms with van der Waals surface area (Å²) in [6.45, 7) is 5.68. The van der Waals surface area contributed by atoms with E-state index in [1.807, 2.05) is 54.6 Å². The molecule has 0 radical (unpaired) electrons. The number of hydrogen-bond acceptors (Lipinski definition) is 3. The molecular formula is C27H28N2O2. The fourth-order valence-electron chi connectivity index (χ4n) is 3.55. The summed E-state index contributed by atoms with van der Waals surface area (Å²) < 4.78 is 13.5. The largest absolute Gasteiger partial charge is 0.497 e. The molecule has 0 bridgehead atoms. The monoisotopic (exact) mass is 412 g/mol. The summed E-state index contributed by atoms with van der Waals surface area (Å²) in [4.78, 5) is 4.81. The van der Waals surface area contributed by atoms with Crippen LogP contribution in [0.25, 0.3) is 23.2 Å². The van der Waals surface area contributed by atoms with Gasteiger partial charge in [-0.05, 0) is 59.5 Å². The van der Waals surface area contributed by atoms with Crippen LogP contribution in [0.5, 0.6) is 11.5 Å². The number of ether oxygens (including phenoxy) is 2. The lowest BCUT2D eigenvalue weighted by molar-refractivity contribution is 0.299. The van der Waals surface area contributed by atoms with Crippen LogP contribution in [0, 0.1) is 0 Å². The van der Waals surface area contributed by atoms with Crippen LogP contribution >= 0.6 is 0 Å². The maximum Gasteiger partial charge on any atom is 0.133 e. The van der Waals surface area contributed by atoms with Gasteiger partial charge in [0.15, 0.2) is 0 Å². The molecule has 0 aliphatic heterocycles. The molecule has 0 saturated heterocycles. The van der Waals surface area contributed by atoms with E-state index in [9.17, 15) is 0 Å². The highest BCUT2D eigenvalue weighted by Gasteiger charge is 2.08. The number of benzene rings is 3. The van der Waals surface area contributed by atoms with E-state index >= 15 is 0 Å².